The average Bonchev–Trinajstić information content (AvgIpc) is 2.44. The number of esters is 1. The third kappa shape index (κ3) is 5.61. The molecule has 20 heavy (non-hydrogen) atoms. The number of aryl methyl sites for hydroxylation is 1. The summed E-state index contributed by atoms with van der Waals surface area (Å²) in [4.78, 5) is 11.1. The fourth-order valence-electron chi connectivity index (χ4n) is 2.00. The van der Waals surface area contributed by atoms with Crippen LogP contribution < -0.4 is 4.74 Å². The number of carbonyl (C=O) groups is 1. The minimum atomic E-state index is -0.130. The van der Waals surface area contributed by atoms with Crippen LogP contribution in [-0.4, -0.2) is 24.3 Å². The number of para-hydroxylation sites is 1. The van der Waals surface area contributed by atoms with Gasteiger partial charge < -0.3 is 14.6 Å². The Kier molecular flexibility index (Phi) is 7.73. The summed E-state index contributed by atoms with van der Waals surface area (Å²) in [6.45, 7) is 4.81. The Morgan fingerprint density at radius 1 is 1.25 bits per heavy atom. The Balaban J connectivity index is 2.23. The van der Waals surface area contributed by atoms with Crippen molar-refractivity contribution in [3.05, 3.63) is 29.3 Å². The van der Waals surface area contributed by atoms with Crippen molar-refractivity contribution in [1.82, 2.24) is 0 Å². The van der Waals surface area contributed by atoms with Gasteiger partial charge in [-0.05, 0) is 38.7 Å². The zero-order valence-electron chi connectivity index (χ0n) is 12.4. The van der Waals surface area contributed by atoms with Gasteiger partial charge in [0, 0.05) is 12.0 Å². The highest BCUT2D eigenvalue weighted by Gasteiger charge is 2.06. The fraction of sp³-hybridized carbons (Fsp3) is 0.562. The van der Waals surface area contributed by atoms with Crippen LogP contribution in [-0.2, 0) is 16.1 Å². The molecule has 0 aliphatic heterocycles. The lowest BCUT2D eigenvalue weighted by atomic mass is 10.1. The summed E-state index contributed by atoms with van der Waals surface area (Å²) < 4.78 is 10.6. The van der Waals surface area contributed by atoms with Crippen molar-refractivity contribution in [2.24, 2.45) is 0 Å². The van der Waals surface area contributed by atoms with Gasteiger partial charge in [-0.2, -0.15) is 0 Å². The average molecular weight is 280 g/mol. The number of hydrogen-bond donors (Lipinski definition) is 1. The molecule has 0 saturated carbocycles. The minimum absolute atomic E-state index is 0.0140. The van der Waals surface area contributed by atoms with Gasteiger partial charge in [-0.3, -0.25) is 4.79 Å². The van der Waals surface area contributed by atoms with Gasteiger partial charge in [-0.15, -0.1) is 0 Å². The number of hydrogen-bond acceptors (Lipinski definition) is 4. The Bertz CT molecular complexity index is 415. The van der Waals surface area contributed by atoms with E-state index >= 15 is 0 Å². The van der Waals surface area contributed by atoms with Crippen molar-refractivity contribution in [3.63, 3.8) is 0 Å². The molecular weight excluding hydrogens is 256 g/mol. The van der Waals surface area contributed by atoms with Crippen LogP contribution in [0.4, 0.5) is 0 Å². The molecule has 0 radical (unpaired) electrons. The zero-order chi connectivity index (χ0) is 14.8. The van der Waals surface area contributed by atoms with Gasteiger partial charge in [-0.25, -0.2) is 0 Å². The zero-order valence-corrected chi connectivity index (χ0v) is 12.4. The van der Waals surface area contributed by atoms with Gasteiger partial charge >= 0.3 is 5.97 Å². The van der Waals surface area contributed by atoms with Crippen LogP contribution in [0.1, 0.15) is 43.7 Å². The molecular formula is C16H24O4. The first kappa shape index (κ1) is 16.5. The number of unbranched alkanes of at least 4 members (excludes halogenated alkanes) is 2. The normalized spacial score (nSPS) is 10.3. The Morgan fingerprint density at radius 2 is 2.05 bits per heavy atom. The molecule has 0 unspecified atom stereocenters. The van der Waals surface area contributed by atoms with E-state index in [1.807, 2.05) is 32.0 Å². The maximum atomic E-state index is 11.1. The summed E-state index contributed by atoms with van der Waals surface area (Å²) in [6, 6.07) is 5.74. The van der Waals surface area contributed by atoms with E-state index in [1.165, 1.54) is 0 Å². The second kappa shape index (κ2) is 9.37. The van der Waals surface area contributed by atoms with Crippen LogP contribution in [0.2, 0.25) is 0 Å². The van der Waals surface area contributed by atoms with E-state index in [0.29, 0.717) is 19.6 Å². The summed E-state index contributed by atoms with van der Waals surface area (Å²) in [7, 11) is 0. The molecule has 0 heterocycles. The van der Waals surface area contributed by atoms with E-state index < -0.39 is 0 Å². The SMILES string of the molecule is CCOC(=O)CCCCCOc1c(C)cccc1CO. The van der Waals surface area contributed by atoms with Crippen LogP contribution in [0.5, 0.6) is 5.75 Å². The Morgan fingerprint density at radius 3 is 2.75 bits per heavy atom. The smallest absolute Gasteiger partial charge is 0.305 e. The number of carbonyl (C=O) groups excluding carboxylic acids is 1. The van der Waals surface area contributed by atoms with E-state index in [0.717, 1.165) is 36.1 Å². The van der Waals surface area contributed by atoms with E-state index in [-0.39, 0.29) is 12.6 Å². The molecule has 112 valence electrons. The first-order valence-corrected chi connectivity index (χ1v) is 7.16. The Labute approximate surface area is 120 Å². The van der Waals surface area contributed by atoms with E-state index in [4.69, 9.17) is 9.47 Å². The lowest BCUT2D eigenvalue weighted by molar-refractivity contribution is -0.143. The highest BCUT2D eigenvalue weighted by Crippen LogP contribution is 2.23. The van der Waals surface area contributed by atoms with Gasteiger partial charge in [0.2, 0.25) is 0 Å². The quantitative estimate of drug-likeness (QED) is 0.558. The standard InChI is InChI=1S/C16H24O4/c1-3-19-15(18)10-5-4-6-11-20-16-13(2)8-7-9-14(16)12-17/h7-9,17H,3-6,10-12H2,1-2H3. The van der Waals surface area contributed by atoms with Crippen LogP contribution >= 0.6 is 0 Å². The molecule has 4 heteroatoms. The third-order valence-electron chi connectivity index (χ3n) is 3.04. The molecule has 4 nitrogen and oxygen atoms in total. The third-order valence-corrected chi connectivity index (χ3v) is 3.04. The van der Waals surface area contributed by atoms with Crippen LogP contribution in [0.25, 0.3) is 0 Å². The molecule has 1 aromatic rings. The van der Waals surface area contributed by atoms with Crippen molar-refractivity contribution < 1.29 is 19.4 Å². The molecule has 0 amide bonds. The highest BCUT2D eigenvalue weighted by molar-refractivity contribution is 5.69. The number of ether oxygens (including phenoxy) is 2. The predicted molar refractivity (Wildman–Crippen MR) is 77.7 cm³/mol. The molecule has 0 spiro atoms. The van der Waals surface area contributed by atoms with Gasteiger partial charge in [0.1, 0.15) is 5.75 Å². The fourth-order valence-corrected chi connectivity index (χ4v) is 2.00. The molecule has 0 atom stereocenters. The molecule has 0 saturated heterocycles. The summed E-state index contributed by atoms with van der Waals surface area (Å²) in [5.74, 6) is 0.648. The number of aliphatic hydroxyl groups excluding tert-OH is 1. The maximum absolute atomic E-state index is 11.1. The van der Waals surface area contributed by atoms with E-state index in [9.17, 15) is 9.90 Å². The van der Waals surface area contributed by atoms with Crippen LogP contribution in [0.3, 0.4) is 0 Å². The van der Waals surface area contributed by atoms with Crippen molar-refractivity contribution in [3.8, 4) is 5.75 Å². The van der Waals surface area contributed by atoms with Crippen molar-refractivity contribution in [1.29, 1.82) is 0 Å². The molecule has 0 aliphatic carbocycles. The summed E-state index contributed by atoms with van der Waals surface area (Å²) in [5.41, 5.74) is 1.85. The molecule has 0 aromatic heterocycles. The molecule has 0 bridgehead atoms. The van der Waals surface area contributed by atoms with Gasteiger partial charge in [-0.1, -0.05) is 18.2 Å². The van der Waals surface area contributed by atoms with Crippen molar-refractivity contribution >= 4 is 5.97 Å². The first-order valence-electron chi connectivity index (χ1n) is 7.16. The second-order valence-corrected chi connectivity index (χ2v) is 4.69. The van der Waals surface area contributed by atoms with Gasteiger partial charge in [0.15, 0.2) is 0 Å². The van der Waals surface area contributed by atoms with E-state index in [2.05, 4.69) is 0 Å². The lowest BCUT2D eigenvalue weighted by Gasteiger charge is -2.12. The summed E-state index contributed by atoms with van der Waals surface area (Å²) in [6.07, 6.45) is 3.11. The molecule has 1 rings (SSSR count). The topological polar surface area (TPSA) is 55.8 Å². The molecule has 0 fully saturated rings. The van der Waals surface area contributed by atoms with Gasteiger partial charge in [0.25, 0.3) is 0 Å². The lowest BCUT2D eigenvalue weighted by Crippen LogP contribution is -2.05. The predicted octanol–water partition coefficient (Wildman–Crippen LogP) is 2.99. The molecule has 1 aromatic carbocycles. The van der Waals surface area contributed by atoms with Crippen LogP contribution in [0, 0.1) is 6.92 Å². The second-order valence-electron chi connectivity index (χ2n) is 4.69. The number of benzene rings is 1. The van der Waals surface area contributed by atoms with Crippen LogP contribution in [0.15, 0.2) is 18.2 Å². The van der Waals surface area contributed by atoms with Crippen molar-refractivity contribution in [2.45, 2.75) is 46.1 Å². The monoisotopic (exact) mass is 280 g/mol. The molecule has 1 N–H and O–H groups in total. The molecule has 0 aliphatic rings. The highest BCUT2D eigenvalue weighted by atomic mass is 16.5. The number of aliphatic hydroxyl groups is 1. The summed E-state index contributed by atoms with van der Waals surface area (Å²) in [5, 5.41) is 9.26. The van der Waals surface area contributed by atoms with Crippen molar-refractivity contribution in [2.75, 3.05) is 13.2 Å². The largest absolute Gasteiger partial charge is 0.493 e. The minimum Gasteiger partial charge on any atom is -0.493 e. The number of rotatable bonds is 9. The first-order chi connectivity index (χ1) is 9.69. The van der Waals surface area contributed by atoms with Gasteiger partial charge in [0.05, 0.1) is 19.8 Å². The van der Waals surface area contributed by atoms with E-state index in [1.54, 1.807) is 0 Å². The summed E-state index contributed by atoms with van der Waals surface area (Å²) >= 11 is 0. The Hall–Kier alpha value is -1.55. The maximum Gasteiger partial charge on any atom is 0.305 e.